The Morgan fingerprint density at radius 1 is 1.17 bits per heavy atom. The van der Waals surface area contributed by atoms with Gasteiger partial charge in [-0.05, 0) is 30.7 Å². The van der Waals surface area contributed by atoms with E-state index in [1.807, 2.05) is 0 Å². The molecular weight excluding hydrogens is 340 g/mol. The molecule has 0 fully saturated rings. The van der Waals surface area contributed by atoms with Gasteiger partial charge in [-0.3, -0.25) is 4.79 Å². The third-order valence-corrected chi connectivity index (χ3v) is 3.66. The molecule has 0 aliphatic rings. The molecule has 3 nitrogen and oxygen atoms in total. The normalized spacial score (nSPS) is 10.4. The fourth-order valence-electron chi connectivity index (χ4n) is 1.93. The molecule has 2 rings (SSSR count). The molecule has 0 unspecified atom stereocenters. The quantitative estimate of drug-likeness (QED) is 0.736. The van der Waals surface area contributed by atoms with Crippen LogP contribution in [0.15, 0.2) is 42.5 Å². The van der Waals surface area contributed by atoms with Crippen LogP contribution in [-0.4, -0.2) is 12.5 Å². The highest BCUT2D eigenvalue weighted by Gasteiger charge is 2.06. The number of carbonyl (C=O) groups is 1. The average Bonchev–Trinajstić information content (AvgIpc) is 2.52. The first-order valence-corrected chi connectivity index (χ1v) is 7.90. The number of ether oxygens (including phenoxy) is 1. The summed E-state index contributed by atoms with van der Waals surface area (Å²) in [5.74, 6) is 0.0513. The molecule has 2 aromatic carbocycles. The van der Waals surface area contributed by atoms with Crippen LogP contribution in [0.1, 0.15) is 18.4 Å². The number of benzene rings is 2. The van der Waals surface area contributed by atoms with Crippen molar-refractivity contribution in [2.75, 3.05) is 6.61 Å². The predicted octanol–water partition coefficient (Wildman–Crippen LogP) is 4.61. The van der Waals surface area contributed by atoms with Gasteiger partial charge in [0.05, 0.1) is 11.6 Å². The van der Waals surface area contributed by atoms with Crippen molar-refractivity contribution in [3.8, 4) is 5.75 Å². The molecule has 23 heavy (non-hydrogen) atoms. The Hall–Kier alpha value is -1.78. The Morgan fingerprint density at radius 3 is 2.70 bits per heavy atom. The van der Waals surface area contributed by atoms with Gasteiger partial charge in [-0.25, -0.2) is 4.39 Å². The van der Waals surface area contributed by atoms with Crippen LogP contribution in [0.25, 0.3) is 0 Å². The van der Waals surface area contributed by atoms with Gasteiger partial charge in [0.1, 0.15) is 11.6 Å². The monoisotopic (exact) mass is 355 g/mol. The Morgan fingerprint density at radius 2 is 1.96 bits per heavy atom. The first-order valence-electron chi connectivity index (χ1n) is 7.14. The molecule has 0 aliphatic heterocycles. The number of hydrogen-bond donors (Lipinski definition) is 1. The van der Waals surface area contributed by atoms with E-state index in [9.17, 15) is 9.18 Å². The van der Waals surface area contributed by atoms with E-state index in [1.165, 1.54) is 6.07 Å². The Balaban J connectivity index is 1.68. The molecule has 0 saturated heterocycles. The zero-order chi connectivity index (χ0) is 16.7. The maximum absolute atomic E-state index is 13.4. The summed E-state index contributed by atoms with van der Waals surface area (Å²) in [6.07, 6.45) is 0.821. The highest BCUT2D eigenvalue weighted by Crippen LogP contribution is 2.27. The van der Waals surface area contributed by atoms with Gasteiger partial charge < -0.3 is 10.1 Å². The van der Waals surface area contributed by atoms with E-state index in [0.29, 0.717) is 40.8 Å². The molecule has 0 aromatic heterocycles. The lowest BCUT2D eigenvalue weighted by Gasteiger charge is -2.09. The lowest BCUT2D eigenvalue weighted by Crippen LogP contribution is -2.23. The van der Waals surface area contributed by atoms with Crippen molar-refractivity contribution in [2.45, 2.75) is 19.4 Å². The molecule has 0 aliphatic carbocycles. The molecule has 0 heterocycles. The number of hydrogen-bond acceptors (Lipinski definition) is 2. The molecule has 6 heteroatoms. The summed E-state index contributed by atoms with van der Waals surface area (Å²) in [6.45, 7) is 0.532. The molecule has 0 radical (unpaired) electrons. The fraction of sp³-hybridized carbons (Fsp3) is 0.235. The second-order valence-corrected chi connectivity index (χ2v) is 5.74. The van der Waals surface area contributed by atoms with Crippen molar-refractivity contribution in [3.63, 3.8) is 0 Å². The molecule has 0 saturated carbocycles. The van der Waals surface area contributed by atoms with E-state index >= 15 is 0 Å². The summed E-state index contributed by atoms with van der Waals surface area (Å²) in [7, 11) is 0. The summed E-state index contributed by atoms with van der Waals surface area (Å²) in [4.78, 5) is 11.7. The minimum atomic E-state index is -0.325. The number of rotatable bonds is 7. The number of carbonyl (C=O) groups excluding carboxylic acids is 1. The fourth-order valence-corrected chi connectivity index (χ4v) is 2.39. The highest BCUT2D eigenvalue weighted by molar-refractivity contribution is 6.35. The van der Waals surface area contributed by atoms with E-state index in [4.69, 9.17) is 27.9 Å². The van der Waals surface area contributed by atoms with Gasteiger partial charge in [-0.1, -0.05) is 41.4 Å². The number of halogens is 3. The summed E-state index contributed by atoms with van der Waals surface area (Å²) >= 11 is 11.8. The summed E-state index contributed by atoms with van der Waals surface area (Å²) in [5, 5.41) is 3.65. The van der Waals surface area contributed by atoms with Crippen LogP contribution in [0.3, 0.4) is 0 Å². The smallest absolute Gasteiger partial charge is 0.220 e. The number of amides is 1. The van der Waals surface area contributed by atoms with Gasteiger partial charge in [0, 0.05) is 23.6 Å². The van der Waals surface area contributed by atoms with Crippen molar-refractivity contribution in [1.29, 1.82) is 0 Å². The third-order valence-electron chi connectivity index (χ3n) is 3.13. The van der Waals surface area contributed by atoms with Crippen LogP contribution in [0.4, 0.5) is 4.39 Å². The van der Waals surface area contributed by atoms with Crippen LogP contribution in [-0.2, 0) is 11.3 Å². The summed E-state index contributed by atoms with van der Waals surface area (Å²) < 4.78 is 18.9. The molecular formula is C17H16Cl2FNO2. The van der Waals surface area contributed by atoms with Crippen LogP contribution >= 0.6 is 23.2 Å². The van der Waals surface area contributed by atoms with E-state index in [2.05, 4.69) is 5.32 Å². The van der Waals surface area contributed by atoms with Gasteiger partial charge in [0.15, 0.2) is 0 Å². The zero-order valence-corrected chi connectivity index (χ0v) is 13.8. The molecule has 0 bridgehead atoms. The lowest BCUT2D eigenvalue weighted by molar-refractivity contribution is -0.121. The third kappa shape index (κ3) is 5.73. The molecule has 1 amide bonds. The average molecular weight is 356 g/mol. The molecule has 122 valence electrons. The van der Waals surface area contributed by atoms with Crippen molar-refractivity contribution < 1.29 is 13.9 Å². The van der Waals surface area contributed by atoms with E-state index in [-0.39, 0.29) is 18.3 Å². The van der Waals surface area contributed by atoms with Gasteiger partial charge in [0.2, 0.25) is 5.91 Å². The lowest BCUT2D eigenvalue weighted by atomic mass is 10.2. The Bertz CT molecular complexity index is 679. The SMILES string of the molecule is O=C(CCCOc1ccc(Cl)cc1Cl)NCc1ccccc1F. The zero-order valence-electron chi connectivity index (χ0n) is 12.3. The predicted molar refractivity (Wildman–Crippen MR) is 89.4 cm³/mol. The van der Waals surface area contributed by atoms with Crippen LogP contribution in [0, 0.1) is 5.82 Å². The van der Waals surface area contributed by atoms with Crippen molar-refractivity contribution in [2.24, 2.45) is 0 Å². The first kappa shape index (κ1) is 17.6. The topological polar surface area (TPSA) is 38.3 Å². The standard InChI is InChI=1S/C17H16Cl2FNO2/c18-13-7-8-16(14(19)10-13)23-9-3-6-17(22)21-11-12-4-1-2-5-15(12)20/h1-2,4-5,7-8,10H,3,6,9,11H2,(H,21,22). The van der Waals surface area contributed by atoms with E-state index < -0.39 is 0 Å². The van der Waals surface area contributed by atoms with E-state index in [1.54, 1.807) is 36.4 Å². The maximum atomic E-state index is 13.4. The van der Waals surface area contributed by atoms with Crippen molar-refractivity contribution in [1.82, 2.24) is 5.32 Å². The molecule has 1 N–H and O–H groups in total. The van der Waals surface area contributed by atoms with Gasteiger partial charge >= 0.3 is 0 Å². The largest absolute Gasteiger partial charge is 0.492 e. The molecule has 0 atom stereocenters. The molecule has 0 spiro atoms. The van der Waals surface area contributed by atoms with Crippen LogP contribution in [0.5, 0.6) is 5.75 Å². The maximum Gasteiger partial charge on any atom is 0.220 e. The van der Waals surface area contributed by atoms with Crippen molar-refractivity contribution >= 4 is 29.1 Å². The second kappa shape index (κ2) is 8.75. The number of nitrogens with one attached hydrogen (secondary N) is 1. The summed E-state index contributed by atoms with van der Waals surface area (Å²) in [6, 6.07) is 11.3. The minimum Gasteiger partial charge on any atom is -0.492 e. The minimum absolute atomic E-state index is 0.154. The second-order valence-electron chi connectivity index (χ2n) is 4.89. The molecule has 2 aromatic rings. The van der Waals surface area contributed by atoms with E-state index in [0.717, 1.165) is 0 Å². The van der Waals surface area contributed by atoms with Crippen molar-refractivity contribution in [3.05, 3.63) is 63.9 Å². The van der Waals surface area contributed by atoms with Gasteiger partial charge in [0.25, 0.3) is 0 Å². The summed E-state index contributed by atoms with van der Waals surface area (Å²) in [5.41, 5.74) is 0.463. The van der Waals surface area contributed by atoms with Gasteiger partial charge in [-0.2, -0.15) is 0 Å². The Kier molecular flexibility index (Phi) is 6.68. The van der Waals surface area contributed by atoms with Crippen LogP contribution < -0.4 is 10.1 Å². The highest BCUT2D eigenvalue weighted by atomic mass is 35.5. The van der Waals surface area contributed by atoms with Crippen LogP contribution in [0.2, 0.25) is 10.0 Å². The van der Waals surface area contributed by atoms with Gasteiger partial charge in [-0.15, -0.1) is 0 Å². The first-order chi connectivity index (χ1) is 11.1. The Labute approximate surface area is 144 Å².